The number of imide groups is 1. The molecule has 0 bridgehead atoms. The van der Waals surface area contributed by atoms with Crippen LogP contribution in [0.25, 0.3) is 6.08 Å². The third kappa shape index (κ3) is 8.43. The van der Waals surface area contributed by atoms with Gasteiger partial charge in [0, 0.05) is 24.7 Å². The average molecular weight is 466 g/mol. The fourth-order valence-corrected chi connectivity index (χ4v) is 4.58. The first-order valence-corrected chi connectivity index (χ1v) is 12.0. The van der Waals surface area contributed by atoms with E-state index in [0.29, 0.717) is 18.7 Å². The minimum absolute atomic E-state index is 0.212. The molecule has 0 aliphatic carbocycles. The predicted octanol–water partition coefficient (Wildman–Crippen LogP) is 2.43. The molecule has 1 aliphatic heterocycles. The zero-order chi connectivity index (χ0) is 23.8. The first-order valence-electron chi connectivity index (χ1n) is 10.5. The molecular weight excluding hydrogens is 434 g/mol. The Labute approximate surface area is 189 Å². The Hall–Kier alpha value is -2.72. The number of amides is 3. The van der Waals surface area contributed by atoms with E-state index in [9.17, 15) is 22.8 Å². The highest BCUT2D eigenvalue weighted by Crippen LogP contribution is 2.21. The maximum Gasteiger partial charge on any atom is 0.331 e. The molecule has 0 spiro atoms. The Morgan fingerprint density at radius 1 is 1.03 bits per heavy atom. The molecule has 0 saturated carbocycles. The van der Waals surface area contributed by atoms with Gasteiger partial charge >= 0.3 is 12.0 Å². The second kappa shape index (κ2) is 11.2. The number of carbonyl (C=O) groups is 3. The molecule has 0 atom stereocenters. The predicted molar refractivity (Wildman–Crippen MR) is 120 cm³/mol. The lowest BCUT2D eigenvalue weighted by Crippen LogP contribution is -2.49. The largest absolute Gasteiger partial charge is 0.452 e. The lowest BCUT2D eigenvalue weighted by atomic mass is 10.1. The Morgan fingerprint density at radius 2 is 1.62 bits per heavy atom. The van der Waals surface area contributed by atoms with Gasteiger partial charge in [0.1, 0.15) is 0 Å². The highest BCUT2D eigenvalue weighted by molar-refractivity contribution is 7.89. The number of benzene rings is 1. The summed E-state index contributed by atoms with van der Waals surface area (Å²) in [6, 6.07) is 5.53. The second-order valence-electron chi connectivity index (χ2n) is 8.58. The summed E-state index contributed by atoms with van der Waals surface area (Å²) < 4.78 is 31.9. The SMILES string of the molecule is CC(C)(C)NC(=O)NC(=O)COC(=O)/C=C/c1ccc(S(=O)(=O)N2CCCCCC2)cc1. The van der Waals surface area contributed by atoms with Crippen molar-refractivity contribution in [3.63, 3.8) is 0 Å². The zero-order valence-electron chi connectivity index (χ0n) is 18.7. The van der Waals surface area contributed by atoms with Gasteiger partial charge in [-0.05, 0) is 57.4 Å². The highest BCUT2D eigenvalue weighted by atomic mass is 32.2. The van der Waals surface area contributed by atoms with Gasteiger partial charge in [-0.15, -0.1) is 0 Å². The highest BCUT2D eigenvalue weighted by Gasteiger charge is 2.24. The van der Waals surface area contributed by atoms with E-state index in [4.69, 9.17) is 4.74 Å². The molecule has 1 aromatic rings. The van der Waals surface area contributed by atoms with Gasteiger partial charge in [-0.2, -0.15) is 4.31 Å². The van der Waals surface area contributed by atoms with E-state index < -0.39 is 40.1 Å². The van der Waals surface area contributed by atoms with E-state index in [-0.39, 0.29) is 4.90 Å². The van der Waals surface area contributed by atoms with E-state index in [1.165, 1.54) is 22.5 Å². The molecule has 0 unspecified atom stereocenters. The van der Waals surface area contributed by atoms with Crippen LogP contribution in [0.2, 0.25) is 0 Å². The second-order valence-corrected chi connectivity index (χ2v) is 10.5. The molecule has 2 rings (SSSR count). The summed E-state index contributed by atoms with van der Waals surface area (Å²) in [5.41, 5.74) is 0.0944. The van der Waals surface area contributed by atoms with E-state index in [0.717, 1.165) is 31.8 Å². The van der Waals surface area contributed by atoms with Gasteiger partial charge in [0.25, 0.3) is 5.91 Å². The molecule has 1 saturated heterocycles. The number of rotatable bonds is 6. The third-order valence-electron chi connectivity index (χ3n) is 4.58. The summed E-state index contributed by atoms with van der Waals surface area (Å²) in [7, 11) is -3.53. The summed E-state index contributed by atoms with van der Waals surface area (Å²) in [6.07, 6.45) is 6.38. The van der Waals surface area contributed by atoms with Crippen molar-refractivity contribution in [2.75, 3.05) is 19.7 Å². The van der Waals surface area contributed by atoms with Crippen molar-refractivity contribution in [3.05, 3.63) is 35.9 Å². The number of hydrogen-bond acceptors (Lipinski definition) is 6. The third-order valence-corrected chi connectivity index (χ3v) is 6.49. The molecule has 176 valence electrons. The van der Waals surface area contributed by atoms with Crippen LogP contribution in [-0.4, -0.2) is 55.9 Å². The number of ether oxygens (including phenoxy) is 1. The molecule has 10 heteroatoms. The molecular formula is C22H31N3O6S. The molecule has 1 heterocycles. The van der Waals surface area contributed by atoms with E-state index in [1.807, 2.05) is 0 Å². The summed E-state index contributed by atoms with van der Waals surface area (Å²) in [5, 5.41) is 4.62. The van der Waals surface area contributed by atoms with Crippen molar-refractivity contribution < 1.29 is 27.5 Å². The molecule has 0 radical (unpaired) electrons. The van der Waals surface area contributed by atoms with Gasteiger partial charge in [-0.3, -0.25) is 10.1 Å². The normalized spacial score (nSPS) is 15.7. The number of sulfonamides is 1. The molecule has 2 N–H and O–H groups in total. The summed E-state index contributed by atoms with van der Waals surface area (Å²) in [6.45, 7) is 5.74. The minimum Gasteiger partial charge on any atom is -0.452 e. The van der Waals surface area contributed by atoms with Crippen molar-refractivity contribution in [2.45, 2.75) is 56.9 Å². The average Bonchev–Trinajstić information content (AvgIpc) is 2.99. The van der Waals surface area contributed by atoms with Crippen LogP contribution >= 0.6 is 0 Å². The number of nitrogens with one attached hydrogen (secondary N) is 2. The van der Waals surface area contributed by atoms with Crippen LogP contribution < -0.4 is 10.6 Å². The fraction of sp³-hybridized carbons (Fsp3) is 0.500. The number of hydrogen-bond donors (Lipinski definition) is 2. The maximum atomic E-state index is 12.8. The van der Waals surface area contributed by atoms with Crippen LogP contribution in [0.4, 0.5) is 4.79 Å². The molecule has 1 fully saturated rings. The van der Waals surface area contributed by atoms with E-state index in [1.54, 1.807) is 32.9 Å². The van der Waals surface area contributed by atoms with Crippen LogP contribution in [0.5, 0.6) is 0 Å². The molecule has 1 aliphatic rings. The maximum absolute atomic E-state index is 12.8. The quantitative estimate of drug-likeness (QED) is 0.492. The smallest absolute Gasteiger partial charge is 0.331 e. The zero-order valence-corrected chi connectivity index (χ0v) is 19.5. The molecule has 32 heavy (non-hydrogen) atoms. The van der Waals surface area contributed by atoms with Crippen LogP contribution in [0, 0.1) is 0 Å². The number of nitrogens with zero attached hydrogens (tertiary/aromatic N) is 1. The van der Waals surface area contributed by atoms with Crippen molar-refractivity contribution in [1.82, 2.24) is 14.9 Å². The first-order chi connectivity index (χ1) is 15.0. The van der Waals surface area contributed by atoms with Crippen LogP contribution in [0.3, 0.4) is 0 Å². The van der Waals surface area contributed by atoms with Crippen LogP contribution in [0.1, 0.15) is 52.0 Å². The minimum atomic E-state index is -3.53. The van der Waals surface area contributed by atoms with Crippen molar-refractivity contribution in [2.24, 2.45) is 0 Å². The molecule has 1 aromatic carbocycles. The lowest BCUT2D eigenvalue weighted by molar-refractivity contribution is -0.143. The van der Waals surface area contributed by atoms with Crippen LogP contribution in [0.15, 0.2) is 35.2 Å². The Morgan fingerprint density at radius 3 is 2.19 bits per heavy atom. The standard InChI is InChI=1S/C22H31N3O6S/c1-22(2,3)24-21(28)23-19(26)16-31-20(27)13-10-17-8-11-18(12-9-17)32(29,30)25-14-6-4-5-7-15-25/h8-13H,4-7,14-16H2,1-3H3,(H2,23,24,26,28)/b13-10+. The lowest BCUT2D eigenvalue weighted by Gasteiger charge is -2.20. The van der Waals surface area contributed by atoms with Gasteiger partial charge < -0.3 is 10.1 Å². The van der Waals surface area contributed by atoms with Gasteiger partial charge in [-0.1, -0.05) is 25.0 Å². The topological polar surface area (TPSA) is 122 Å². The van der Waals surface area contributed by atoms with Gasteiger partial charge in [0.15, 0.2) is 6.61 Å². The Bertz CT molecular complexity index is 941. The van der Waals surface area contributed by atoms with Gasteiger partial charge in [-0.25, -0.2) is 18.0 Å². The summed E-state index contributed by atoms with van der Waals surface area (Å²) in [5.74, 6) is -1.52. The fourth-order valence-electron chi connectivity index (χ4n) is 3.07. The van der Waals surface area contributed by atoms with Crippen molar-refractivity contribution >= 4 is 34.0 Å². The van der Waals surface area contributed by atoms with Crippen molar-refractivity contribution in [1.29, 1.82) is 0 Å². The summed E-state index contributed by atoms with van der Waals surface area (Å²) in [4.78, 5) is 35.3. The Balaban J connectivity index is 1.86. The molecule has 3 amide bonds. The molecule has 9 nitrogen and oxygen atoms in total. The number of carbonyl (C=O) groups excluding carboxylic acids is 3. The summed E-state index contributed by atoms with van der Waals surface area (Å²) >= 11 is 0. The number of esters is 1. The van der Waals surface area contributed by atoms with Crippen molar-refractivity contribution in [3.8, 4) is 0 Å². The molecule has 0 aromatic heterocycles. The van der Waals surface area contributed by atoms with Gasteiger partial charge in [0.05, 0.1) is 4.90 Å². The first kappa shape index (κ1) is 25.5. The number of urea groups is 1. The van der Waals surface area contributed by atoms with Crippen LogP contribution in [-0.2, 0) is 24.3 Å². The monoisotopic (exact) mass is 465 g/mol. The van der Waals surface area contributed by atoms with E-state index in [2.05, 4.69) is 10.6 Å². The Kier molecular flexibility index (Phi) is 8.97. The van der Waals surface area contributed by atoms with Gasteiger partial charge in [0.2, 0.25) is 10.0 Å². The van der Waals surface area contributed by atoms with E-state index >= 15 is 0 Å².